The van der Waals surface area contributed by atoms with Crippen molar-refractivity contribution in [2.24, 2.45) is 5.73 Å². The predicted octanol–water partition coefficient (Wildman–Crippen LogP) is -0.0956. The summed E-state index contributed by atoms with van der Waals surface area (Å²) in [6.07, 6.45) is 2.12. The summed E-state index contributed by atoms with van der Waals surface area (Å²) in [5.74, 6) is 0.0633. The molecule has 1 rings (SSSR count). The summed E-state index contributed by atoms with van der Waals surface area (Å²) in [5.41, 5.74) is 5.31. The molecule has 0 aromatic heterocycles. The van der Waals surface area contributed by atoms with Gasteiger partial charge in [0, 0.05) is 32.7 Å². The van der Waals surface area contributed by atoms with Gasteiger partial charge in [0.15, 0.2) is 0 Å². The van der Waals surface area contributed by atoms with Gasteiger partial charge in [0.1, 0.15) is 6.61 Å². The molecule has 100 valence electrons. The number of likely N-dealkylation sites (N-methyl/N-ethyl adjacent to an activating group) is 1. The normalized spacial score (nSPS) is 18.3. The molecule has 0 aromatic rings. The molecule has 1 saturated heterocycles. The van der Waals surface area contributed by atoms with Crippen molar-refractivity contribution in [1.29, 1.82) is 0 Å². The number of likely N-dealkylation sites (tertiary alicyclic amines) is 1. The van der Waals surface area contributed by atoms with Gasteiger partial charge in [0.05, 0.1) is 6.61 Å². The van der Waals surface area contributed by atoms with Gasteiger partial charge in [-0.25, -0.2) is 0 Å². The van der Waals surface area contributed by atoms with Gasteiger partial charge in [-0.3, -0.25) is 4.79 Å². The van der Waals surface area contributed by atoms with Crippen molar-refractivity contribution in [2.45, 2.75) is 25.8 Å². The molecule has 0 atom stereocenters. The average molecular weight is 243 g/mol. The van der Waals surface area contributed by atoms with E-state index in [1.54, 1.807) is 0 Å². The van der Waals surface area contributed by atoms with Gasteiger partial charge in [0.2, 0.25) is 5.91 Å². The van der Waals surface area contributed by atoms with Crippen molar-refractivity contribution in [3.63, 3.8) is 0 Å². The first-order valence-corrected chi connectivity index (χ1v) is 6.44. The molecule has 1 aliphatic rings. The number of rotatable bonds is 6. The molecular weight excluding hydrogens is 218 g/mol. The maximum Gasteiger partial charge on any atom is 0.248 e. The van der Waals surface area contributed by atoms with E-state index in [1.807, 2.05) is 11.9 Å². The standard InChI is InChI=1S/C12H25N3O2/c1-3-15-7-4-11(5-8-15)14(2)12(16)10-17-9-6-13/h11H,3-10,13H2,1-2H3. The van der Waals surface area contributed by atoms with Crippen molar-refractivity contribution >= 4 is 5.91 Å². The summed E-state index contributed by atoms with van der Waals surface area (Å²) in [6, 6.07) is 0.367. The number of amides is 1. The van der Waals surface area contributed by atoms with E-state index in [4.69, 9.17) is 10.5 Å². The van der Waals surface area contributed by atoms with Crippen molar-refractivity contribution in [3.8, 4) is 0 Å². The summed E-state index contributed by atoms with van der Waals surface area (Å²) in [5, 5.41) is 0. The number of nitrogens with zero attached hydrogens (tertiary/aromatic N) is 2. The number of carbonyl (C=O) groups is 1. The zero-order valence-corrected chi connectivity index (χ0v) is 11.0. The summed E-state index contributed by atoms with van der Waals surface area (Å²) in [6.45, 7) is 6.52. The molecule has 0 radical (unpaired) electrons. The van der Waals surface area contributed by atoms with Crippen molar-refractivity contribution in [3.05, 3.63) is 0 Å². The highest BCUT2D eigenvalue weighted by Gasteiger charge is 2.24. The average Bonchev–Trinajstić information content (AvgIpc) is 2.38. The Kier molecular flexibility index (Phi) is 6.47. The molecule has 0 aliphatic carbocycles. The third kappa shape index (κ3) is 4.61. The number of hydrogen-bond acceptors (Lipinski definition) is 4. The molecule has 0 saturated carbocycles. The van der Waals surface area contributed by atoms with Gasteiger partial charge >= 0.3 is 0 Å². The van der Waals surface area contributed by atoms with Crippen LogP contribution >= 0.6 is 0 Å². The first-order valence-electron chi connectivity index (χ1n) is 6.44. The van der Waals surface area contributed by atoms with Gasteiger partial charge in [-0.05, 0) is 19.4 Å². The van der Waals surface area contributed by atoms with Crippen LogP contribution < -0.4 is 5.73 Å². The van der Waals surface area contributed by atoms with E-state index in [2.05, 4.69) is 11.8 Å². The largest absolute Gasteiger partial charge is 0.370 e. The molecule has 1 aliphatic heterocycles. The summed E-state index contributed by atoms with van der Waals surface area (Å²) in [7, 11) is 1.88. The van der Waals surface area contributed by atoms with Crippen LogP contribution in [0.1, 0.15) is 19.8 Å². The van der Waals surface area contributed by atoms with Crippen LogP contribution in [0.3, 0.4) is 0 Å². The van der Waals surface area contributed by atoms with Gasteiger partial charge in [0.25, 0.3) is 0 Å². The lowest BCUT2D eigenvalue weighted by molar-refractivity contribution is -0.137. The molecular formula is C12H25N3O2. The minimum Gasteiger partial charge on any atom is -0.370 e. The van der Waals surface area contributed by atoms with Gasteiger partial charge in [-0.2, -0.15) is 0 Å². The molecule has 17 heavy (non-hydrogen) atoms. The van der Waals surface area contributed by atoms with Crippen molar-refractivity contribution in [2.75, 3.05) is 46.4 Å². The van der Waals surface area contributed by atoms with E-state index in [1.165, 1.54) is 0 Å². The highest BCUT2D eigenvalue weighted by molar-refractivity contribution is 5.77. The maximum absolute atomic E-state index is 11.8. The van der Waals surface area contributed by atoms with Crippen LogP contribution in [-0.4, -0.2) is 68.2 Å². The summed E-state index contributed by atoms with van der Waals surface area (Å²) in [4.78, 5) is 16.1. The van der Waals surface area contributed by atoms with E-state index in [9.17, 15) is 4.79 Å². The Morgan fingerprint density at radius 3 is 2.65 bits per heavy atom. The van der Waals surface area contributed by atoms with Crippen LogP contribution in [0.15, 0.2) is 0 Å². The molecule has 1 amide bonds. The third-order valence-corrected chi connectivity index (χ3v) is 3.43. The Hall–Kier alpha value is -0.650. The minimum atomic E-state index is 0.0633. The Morgan fingerprint density at radius 2 is 2.12 bits per heavy atom. The summed E-state index contributed by atoms with van der Waals surface area (Å²) < 4.78 is 5.17. The zero-order chi connectivity index (χ0) is 12.7. The van der Waals surface area contributed by atoms with Crippen LogP contribution in [0.4, 0.5) is 0 Å². The van der Waals surface area contributed by atoms with Crippen LogP contribution in [-0.2, 0) is 9.53 Å². The van der Waals surface area contributed by atoms with Gasteiger partial charge in [-0.15, -0.1) is 0 Å². The van der Waals surface area contributed by atoms with E-state index < -0.39 is 0 Å². The Labute approximate surface area is 104 Å². The Bertz CT molecular complexity index is 228. The Morgan fingerprint density at radius 1 is 1.47 bits per heavy atom. The molecule has 1 fully saturated rings. The lowest BCUT2D eigenvalue weighted by atomic mass is 10.0. The van der Waals surface area contributed by atoms with E-state index in [-0.39, 0.29) is 12.5 Å². The third-order valence-electron chi connectivity index (χ3n) is 3.43. The second-order valence-corrected chi connectivity index (χ2v) is 4.51. The first kappa shape index (κ1) is 14.4. The monoisotopic (exact) mass is 243 g/mol. The number of nitrogens with two attached hydrogens (primary N) is 1. The highest BCUT2D eigenvalue weighted by Crippen LogP contribution is 2.15. The van der Waals surface area contributed by atoms with E-state index in [0.29, 0.717) is 19.2 Å². The fourth-order valence-electron chi connectivity index (χ4n) is 2.17. The number of piperidine rings is 1. The van der Waals surface area contributed by atoms with Crippen LogP contribution in [0.25, 0.3) is 0 Å². The number of ether oxygens (including phenoxy) is 1. The predicted molar refractivity (Wildman–Crippen MR) is 67.8 cm³/mol. The minimum absolute atomic E-state index is 0.0633. The zero-order valence-electron chi connectivity index (χ0n) is 11.0. The van der Waals surface area contributed by atoms with Gasteiger partial charge < -0.3 is 20.3 Å². The van der Waals surface area contributed by atoms with Crippen molar-refractivity contribution < 1.29 is 9.53 Å². The fraction of sp³-hybridized carbons (Fsp3) is 0.917. The molecule has 0 bridgehead atoms. The highest BCUT2D eigenvalue weighted by atomic mass is 16.5. The maximum atomic E-state index is 11.8. The topological polar surface area (TPSA) is 58.8 Å². The van der Waals surface area contributed by atoms with Crippen LogP contribution in [0.2, 0.25) is 0 Å². The van der Waals surface area contributed by atoms with Crippen molar-refractivity contribution in [1.82, 2.24) is 9.80 Å². The second kappa shape index (κ2) is 7.63. The molecule has 0 unspecified atom stereocenters. The fourth-order valence-corrected chi connectivity index (χ4v) is 2.17. The molecule has 0 spiro atoms. The molecule has 5 nitrogen and oxygen atoms in total. The second-order valence-electron chi connectivity index (χ2n) is 4.51. The number of carbonyl (C=O) groups excluding carboxylic acids is 1. The van der Waals surface area contributed by atoms with E-state index >= 15 is 0 Å². The quantitative estimate of drug-likeness (QED) is 0.662. The lowest BCUT2D eigenvalue weighted by Gasteiger charge is -2.36. The SMILES string of the molecule is CCN1CCC(N(C)C(=O)COCCN)CC1. The van der Waals surface area contributed by atoms with E-state index in [0.717, 1.165) is 32.5 Å². The van der Waals surface area contributed by atoms with Gasteiger partial charge in [-0.1, -0.05) is 6.92 Å². The first-order chi connectivity index (χ1) is 8.19. The molecule has 0 aromatic carbocycles. The molecule has 1 heterocycles. The lowest BCUT2D eigenvalue weighted by Crippen LogP contribution is -2.46. The summed E-state index contributed by atoms with van der Waals surface area (Å²) >= 11 is 0. The Balaban J connectivity index is 2.27. The molecule has 5 heteroatoms. The van der Waals surface area contributed by atoms with Crippen LogP contribution in [0.5, 0.6) is 0 Å². The smallest absolute Gasteiger partial charge is 0.248 e. The number of hydrogen-bond donors (Lipinski definition) is 1. The van der Waals surface area contributed by atoms with Crippen LogP contribution in [0, 0.1) is 0 Å². The molecule has 2 N–H and O–H groups in total.